The molecule has 0 fully saturated rings. The van der Waals surface area contributed by atoms with Crippen LogP contribution >= 0.6 is 11.8 Å². The van der Waals surface area contributed by atoms with Gasteiger partial charge in [0.15, 0.2) is 0 Å². The van der Waals surface area contributed by atoms with Crippen LogP contribution in [0, 0.1) is 10.1 Å². The summed E-state index contributed by atoms with van der Waals surface area (Å²) < 4.78 is 0. The number of thioether (sulfide) groups is 1. The fraction of sp³-hybridized carbons (Fsp3) is 0.114. The van der Waals surface area contributed by atoms with Gasteiger partial charge in [-0.05, 0) is 61.0 Å². The van der Waals surface area contributed by atoms with Crippen molar-refractivity contribution in [2.75, 3.05) is 10.3 Å². The van der Waals surface area contributed by atoms with E-state index in [1.165, 1.54) is 41.0 Å². The van der Waals surface area contributed by atoms with Crippen molar-refractivity contribution in [2.45, 2.75) is 29.9 Å². The number of nitrogens with zero attached hydrogens (tertiary/aromatic N) is 3. The summed E-state index contributed by atoms with van der Waals surface area (Å²) in [7, 11) is 0. The van der Waals surface area contributed by atoms with E-state index in [0.717, 1.165) is 0 Å². The number of amides is 4. The van der Waals surface area contributed by atoms with Crippen molar-refractivity contribution >= 4 is 64.4 Å². The van der Waals surface area contributed by atoms with Gasteiger partial charge in [0, 0.05) is 22.2 Å². The van der Waals surface area contributed by atoms with Crippen LogP contribution in [0.5, 0.6) is 0 Å². The van der Waals surface area contributed by atoms with Crippen LogP contribution in [-0.2, 0) is 14.4 Å². The first kappa shape index (κ1) is 33.3. The van der Waals surface area contributed by atoms with Gasteiger partial charge in [-0.15, -0.1) is 11.8 Å². The number of hydrazone groups is 1. The third kappa shape index (κ3) is 8.39. The van der Waals surface area contributed by atoms with Crippen molar-refractivity contribution in [3.63, 3.8) is 0 Å². The lowest BCUT2D eigenvalue weighted by molar-refractivity contribution is -0.385. The lowest BCUT2D eigenvalue weighted by Crippen LogP contribution is -2.36. The molecule has 0 aliphatic carbocycles. The summed E-state index contributed by atoms with van der Waals surface area (Å²) in [5, 5.41) is 24.7. The van der Waals surface area contributed by atoms with E-state index in [1.54, 1.807) is 84.9 Å². The number of carbonyl (C=O) groups excluding carboxylic acids is 4. The van der Waals surface area contributed by atoms with Crippen molar-refractivity contribution in [3.8, 4) is 0 Å². The van der Waals surface area contributed by atoms with Gasteiger partial charge in [-0.3, -0.25) is 29.3 Å². The van der Waals surface area contributed by atoms with Crippen LogP contribution in [0.2, 0.25) is 0 Å². The summed E-state index contributed by atoms with van der Waals surface area (Å²) in [6.45, 7) is 1.86. The Morgan fingerprint density at radius 1 is 0.938 bits per heavy atom. The highest BCUT2D eigenvalue weighted by atomic mass is 32.2. The van der Waals surface area contributed by atoms with Crippen LogP contribution in [0.4, 0.5) is 17.1 Å². The first-order valence-corrected chi connectivity index (χ1v) is 15.8. The number of hydrogen-bond donors (Lipinski definition) is 3. The number of nitro benzene ring substituents is 1. The van der Waals surface area contributed by atoms with E-state index in [2.05, 4.69) is 21.1 Å². The minimum Gasteiger partial charge on any atom is -0.321 e. The largest absolute Gasteiger partial charge is 0.321 e. The molecular formula is C35H30N6O6S. The first-order chi connectivity index (χ1) is 23.2. The van der Waals surface area contributed by atoms with Crippen molar-refractivity contribution in [1.82, 2.24) is 10.6 Å². The molecule has 3 N–H and O–H groups in total. The molecule has 0 spiro atoms. The van der Waals surface area contributed by atoms with Gasteiger partial charge in [-0.2, -0.15) is 10.1 Å². The highest BCUT2D eigenvalue weighted by Crippen LogP contribution is 2.29. The number of rotatable bonds is 11. The summed E-state index contributed by atoms with van der Waals surface area (Å²) in [5.74, 6) is -1.61. The van der Waals surface area contributed by atoms with Gasteiger partial charge in [0.05, 0.1) is 27.8 Å². The molecule has 4 aromatic carbocycles. The molecule has 5 rings (SSSR count). The zero-order valence-corrected chi connectivity index (χ0v) is 26.5. The standard InChI is InChI=1S/C35H30N6O6S/c1-2-30(35(45)38-31-22-32(42)40(39-31)26-16-7-4-8-17-26)48-27-18-11-15-25(21-27)36-34(44)28(37-33(43)23-12-5-3-6-13-23)20-24-14-9-10-19-29(24)41(46)47/h3-21,30H,2,22H2,1H3,(H,36,44)(H,37,43)(H,38,39,45)/b28-20+. The van der Waals surface area contributed by atoms with Crippen molar-refractivity contribution < 1.29 is 24.1 Å². The third-order valence-corrected chi connectivity index (χ3v) is 8.40. The van der Waals surface area contributed by atoms with E-state index in [4.69, 9.17) is 0 Å². The number of para-hydroxylation sites is 2. The van der Waals surface area contributed by atoms with Gasteiger partial charge in [-0.1, -0.05) is 61.5 Å². The molecule has 1 aliphatic heterocycles. The van der Waals surface area contributed by atoms with E-state index in [0.29, 0.717) is 28.3 Å². The van der Waals surface area contributed by atoms with Crippen molar-refractivity contribution in [1.29, 1.82) is 0 Å². The quantitative estimate of drug-likeness (QED) is 0.0798. The average molecular weight is 663 g/mol. The van der Waals surface area contributed by atoms with Gasteiger partial charge < -0.3 is 16.0 Å². The molecule has 4 aromatic rings. The number of nitrogens with one attached hydrogen (secondary N) is 3. The minimum atomic E-state index is -0.712. The summed E-state index contributed by atoms with van der Waals surface area (Å²) in [6, 6.07) is 29.8. The highest BCUT2D eigenvalue weighted by molar-refractivity contribution is 8.00. The fourth-order valence-corrected chi connectivity index (χ4v) is 5.71. The van der Waals surface area contributed by atoms with Gasteiger partial charge in [-0.25, -0.2) is 0 Å². The molecule has 48 heavy (non-hydrogen) atoms. The Morgan fingerprint density at radius 3 is 2.33 bits per heavy atom. The molecule has 1 aliphatic rings. The molecule has 0 saturated heterocycles. The van der Waals surface area contributed by atoms with E-state index in [1.807, 2.05) is 13.0 Å². The number of hydrogen-bond acceptors (Lipinski definition) is 8. The van der Waals surface area contributed by atoms with Crippen LogP contribution in [0.1, 0.15) is 35.7 Å². The van der Waals surface area contributed by atoms with Crippen LogP contribution in [0.25, 0.3) is 6.08 Å². The van der Waals surface area contributed by atoms with Gasteiger partial charge >= 0.3 is 0 Å². The Labute approximate surface area is 280 Å². The summed E-state index contributed by atoms with van der Waals surface area (Å²) in [4.78, 5) is 64.0. The van der Waals surface area contributed by atoms with E-state index in [9.17, 15) is 29.3 Å². The number of anilines is 2. The topological polar surface area (TPSA) is 163 Å². The number of amidine groups is 1. The fourth-order valence-electron chi connectivity index (χ4n) is 4.70. The zero-order valence-electron chi connectivity index (χ0n) is 25.7. The van der Waals surface area contributed by atoms with Crippen molar-refractivity contribution in [2.24, 2.45) is 5.10 Å². The molecule has 12 nitrogen and oxygen atoms in total. The van der Waals surface area contributed by atoms with Crippen LogP contribution in [0.15, 0.2) is 125 Å². The van der Waals surface area contributed by atoms with Crippen LogP contribution < -0.4 is 21.0 Å². The molecule has 4 amide bonds. The Balaban J connectivity index is 1.31. The minimum absolute atomic E-state index is 0.0357. The summed E-state index contributed by atoms with van der Waals surface area (Å²) in [5.41, 5.74) is 0.945. The lowest BCUT2D eigenvalue weighted by atomic mass is 10.1. The maximum Gasteiger partial charge on any atom is 0.276 e. The van der Waals surface area contributed by atoms with Crippen molar-refractivity contribution in [3.05, 3.63) is 136 Å². The maximum atomic E-state index is 13.5. The molecule has 1 heterocycles. The van der Waals surface area contributed by atoms with Crippen LogP contribution in [-0.4, -0.2) is 39.6 Å². The average Bonchev–Trinajstić information content (AvgIpc) is 3.47. The number of benzene rings is 4. The second kappa shape index (κ2) is 15.5. The lowest BCUT2D eigenvalue weighted by Gasteiger charge is -2.15. The molecule has 1 unspecified atom stereocenters. The molecular weight excluding hydrogens is 632 g/mol. The van der Waals surface area contributed by atoms with E-state index < -0.39 is 22.0 Å². The summed E-state index contributed by atoms with van der Waals surface area (Å²) in [6.07, 6.45) is 1.68. The predicted molar refractivity (Wildman–Crippen MR) is 184 cm³/mol. The molecule has 0 saturated carbocycles. The zero-order chi connectivity index (χ0) is 34.0. The maximum absolute atomic E-state index is 13.5. The smallest absolute Gasteiger partial charge is 0.276 e. The Kier molecular flexibility index (Phi) is 10.7. The monoisotopic (exact) mass is 662 g/mol. The van der Waals surface area contributed by atoms with E-state index in [-0.39, 0.29) is 41.0 Å². The van der Waals surface area contributed by atoms with E-state index >= 15 is 0 Å². The molecule has 242 valence electrons. The Morgan fingerprint density at radius 2 is 1.62 bits per heavy atom. The Bertz CT molecular complexity index is 1920. The normalized spacial score (nSPS) is 13.4. The third-order valence-electron chi connectivity index (χ3n) is 7.04. The van der Waals surface area contributed by atoms with Gasteiger partial charge in [0.25, 0.3) is 23.4 Å². The summed E-state index contributed by atoms with van der Waals surface area (Å²) >= 11 is 1.27. The second-order valence-corrected chi connectivity index (χ2v) is 11.7. The Hall–Kier alpha value is -6.08. The predicted octanol–water partition coefficient (Wildman–Crippen LogP) is 5.74. The molecule has 0 aromatic heterocycles. The van der Waals surface area contributed by atoms with Gasteiger partial charge in [0.1, 0.15) is 11.5 Å². The molecule has 13 heteroatoms. The van der Waals surface area contributed by atoms with Gasteiger partial charge in [0.2, 0.25) is 5.91 Å². The number of carbonyl (C=O) groups is 4. The molecule has 0 bridgehead atoms. The first-order valence-electron chi connectivity index (χ1n) is 14.9. The SMILES string of the molecule is CCC(Sc1cccc(NC(=O)/C(=C\c2ccccc2[N+](=O)[O-])NC(=O)c2ccccc2)c1)C(=O)NC1=NN(c2ccccc2)C(=O)C1. The van der Waals surface area contributed by atoms with Crippen LogP contribution in [0.3, 0.4) is 0 Å². The number of nitro groups is 1. The molecule has 0 radical (unpaired) electrons. The highest BCUT2D eigenvalue weighted by Gasteiger charge is 2.28. The molecule has 1 atom stereocenters. The second-order valence-electron chi connectivity index (χ2n) is 10.4.